The molecule has 3 rings (SSSR count). The number of hydrogen-bond acceptors (Lipinski definition) is 3. The van der Waals surface area contributed by atoms with Gasteiger partial charge >= 0.3 is 5.97 Å². The van der Waals surface area contributed by atoms with Crippen molar-refractivity contribution in [1.29, 1.82) is 0 Å². The summed E-state index contributed by atoms with van der Waals surface area (Å²) in [6, 6.07) is 6.66. The lowest BCUT2D eigenvalue weighted by atomic mass is 9.61. The molecule has 0 unspecified atom stereocenters. The summed E-state index contributed by atoms with van der Waals surface area (Å²) in [6.45, 7) is 8.97. The van der Waals surface area contributed by atoms with Crippen molar-refractivity contribution in [2.75, 3.05) is 0 Å². The van der Waals surface area contributed by atoms with Crippen LogP contribution in [0.15, 0.2) is 42.0 Å². The lowest BCUT2D eigenvalue weighted by molar-refractivity contribution is -0.156. The van der Waals surface area contributed by atoms with E-state index in [0.717, 1.165) is 18.4 Å². The molecule has 2 atom stereocenters. The SMILES string of the molecule is CC1(C)CC(c2ccc(F)cc2)=C(/C=C/[C@@H]2C[C@@H](O)CC(=O)O2)C(C)(C)C1. The van der Waals surface area contributed by atoms with Gasteiger partial charge in [0.2, 0.25) is 0 Å². The lowest BCUT2D eigenvalue weighted by Gasteiger charge is -2.43. The van der Waals surface area contributed by atoms with Gasteiger partial charge in [-0.1, -0.05) is 45.9 Å². The van der Waals surface area contributed by atoms with Crippen LogP contribution in [0.1, 0.15) is 58.9 Å². The van der Waals surface area contributed by atoms with Crippen molar-refractivity contribution in [1.82, 2.24) is 0 Å². The lowest BCUT2D eigenvalue weighted by Crippen LogP contribution is -2.32. The number of cyclic esters (lactones) is 1. The zero-order valence-corrected chi connectivity index (χ0v) is 16.6. The van der Waals surface area contributed by atoms with Gasteiger partial charge in [0.1, 0.15) is 11.9 Å². The van der Waals surface area contributed by atoms with E-state index >= 15 is 0 Å². The average Bonchev–Trinajstić information content (AvgIpc) is 2.51. The third-order valence-electron chi connectivity index (χ3n) is 5.49. The van der Waals surface area contributed by atoms with Crippen LogP contribution in [0.4, 0.5) is 4.39 Å². The smallest absolute Gasteiger partial charge is 0.309 e. The molecule has 0 radical (unpaired) electrons. The second kappa shape index (κ2) is 7.23. The van der Waals surface area contributed by atoms with Crippen LogP contribution in [0.25, 0.3) is 5.57 Å². The Labute approximate surface area is 160 Å². The number of halogens is 1. The van der Waals surface area contributed by atoms with Crippen molar-refractivity contribution >= 4 is 11.5 Å². The van der Waals surface area contributed by atoms with Gasteiger partial charge in [-0.05, 0) is 58.6 Å². The molecule has 0 spiro atoms. The summed E-state index contributed by atoms with van der Waals surface area (Å²) in [5.41, 5.74) is 3.48. The van der Waals surface area contributed by atoms with Crippen molar-refractivity contribution in [2.45, 2.75) is 65.6 Å². The second-order valence-corrected chi connectivity index (χ2v) is 9.28. The Kier molecular flexibility index (Phi) is 5.31. The first-order chi connectivity index (χ1) is 12.6. The molecule has 1 aliphatic heterocycles. The molecule has 0 amide bonds. The van der Waals surface area contributed by atoms with Gasteiger partial charge in [-0.15, -0.1) is 0 Å². The van der Waals surface area contributed by atoms with E-state index < -0.39 is 12.2 Å². The molecule has 146 valence electrons. The third kappa shape index (κ3) is 4.67. The van der Waals surface area contributed by atoms with Crippen LogP contribution in [-0.2, 0) is 9.53 Å². The minimum atomic E-state index is -0.648. The molecule has 1 aliphatic carbocycles. The van der Waals surface area contributed by atoms with Crippen molar-refractivity contribution < 1.29 is 19.0 Å². The Morgan fingerprint density at radius 1 is 1.19 bits per heavy atom. The Morgan fingerprint density at radius 2 is 1.85 bits per heavy atom. The Bertz CT molecular complexity index is 771. The number of rotatable bonds is 3. The topological polar surface area (TPSA) is 46.5 Å². The molecule has 0 bridgehead atoms. The van der Waals surface area contributed by atoms with Gasteiger partial charge in [-0.3, -0.25) is 4.79 Å². The van der Waals surface area contributed by atoms with Gasteiger partial charge in [0.05, 0.1) is 12.5 Å². The summed E-state index contributed by atoms with van der Waals surface area (Å²) < 4.78 is 18.8. The summed E-state index contributed by atoms with van der Waals surface area (Å²) in [6.07, 6.45) is 5.29. The maximum Gasteiger partial charge on any atom is 0.309 e. The van der Waals surface area contributed by atoms with Gasteiger partial charge in [0.25, 0.3) is 0 Å². The normalized spacial score (nSPS) is 27.7. The fourth-order valence-corrected chi connectivity index (χ4v) is 4.70. The summed E-state index contributed by atoms with van der Waals surface area (Å²) >= 11 is 0. The zero-order valence-electron chi connectivity index (χ0n) is 16.6. The molecule has 0 aromatic heterocycles. The highest BCUT2D eigenvalue weighted by atomic mass is 19.1. The number of carbonyl (C=O) groups excluding carboxylic acids is 1. The summed E-state index contributed by atoms with van der Waals surface area (Å²) in [5.74, 6) is -0.603. The number of aliphatic hydroxyl groups is 1. The summed E-state index contributed by atoms with van der Waals surface area (Å²) in [5, 5.41) is 9.83. The highest BCUT2D eigenvalue weighted by Gasteiger charge is 2.38. The highest BCUT2D eigenvalue weighted by molar-refractivity contribution is 5.74. The molecule has 3 nitrogen and oxygen atoms in total. The molecule has 4 heteroatoms. The molecule has 1 fully saturated rings. The Hall–Kier alpha value is -1.94. The molecule has 0 saturated carbocycles. The maximum absolute atomic E-state index is 13.4. The van der Waals surface area contributed by atoms with E-state index in [2.05, 4.69) is 27.7 Å². The number of aliphatic hydroxyl groups excluding tert-OH is 1. The van der Waals surface area contributed by atoms with Gasteiger partial charge in [0.15, 0.2) is 0 Å². The Morgan fingerprint density at radius 3 is 2.48 bits per heavy atom. The van der Waals surface area contributed by atoms with Crippen LogP contribution in [0, 0.1) is 16.6 Å². The monoisotopic (exact) mass is 372 g/mol. The van der Waals surface area contributed by atoms with E-state index in [4.69, 9.17) is 4.74 Å². The van der Waals surface area contributed by atoms with Crippen molar-refractivity contribution in [2.24, 2.45) is 10.8 Å². The van der Waals surface area contributed by atoms with Crippen molar-refractivity contribution in [3.05, 3.63) is 53.4 Å². The van der Waals surface area contributed by atoms with Gasteiger partial charge in [0, 0.05) is 6.42 Å². The molecule has 27 heavy (non-hydrogen) atoms. The number of hydrogen-bond donors (Lipinski definition) is 1. The zero-order chi connectivity index (χ0) is 19.8. The number of carbonyl (C=O) groups is 1. The first-order valence-electron chi connectivity index (χ1n) is 9.61. The fraction of sp³-hybridized carbons (Fsp3) is 0.522. The molecule has 2 aliphatic rings. The summed E-state index contributed by atoms with van der Waals surface area (Å²) in [7, 11) is 0. The van der Waals surface area contributed by atoms with E-state index in [1.165, 1.54) is 23.3 Å². The van der Waals surface area contributed by atoms with Crippen molar-refractivity contribution in [3.63, 3.8) is 0 Å². The quantitative estimate of drug-likeness (QED) is 0.756. The van der Waals surface area contributed by atoms with E-state index in [1.54, 1.807) is 0 Å². The first kappa shape index (κ1) is 19.8. The molecule has 1 aromatic rings. The minimum Gasteiger partial charge on any atom is -0.458 e. The number of ether oxygens (including phenoxy) is 1. The maximum atomic E-state index is 13.4. The van der Waals surface area contributed by atoms with Crippen LogP contribution in [0.3, 0.4) is 0 Å². The standard InChI is InChI=1S/C23H29FO3/c1-22(2)13-19(15-5-7-16(24)8-6-15)20(23(3,4)14-22)10-9-18-11-17(25)12-21(26)27-18/h5-10,17-18,25H,11-14H2,1-4H3/b10-9+/t17-,18-/m1/s1. The Balaban J connectivity index is 2.00. The first-order valence-corrected chi connectivity index (χ1v) is 9.61. The highest BCUT2D eigenvalue weighted by Crippen LogP contribution is 2.52. The van der Waals surface area contributed by atoms with Crippen LogP contribution in [-0.4, -0.2) is 23.3 Å². The molecule has 1 aromatic carbocycles. The van der Waals surface area contributed by atoms with Gasteiger partial charge in [-0.25, -0.2) is 4.39 Å². The van der Waals surface area contributed by atoms with E-state index in [-0.39, 0.29) is 29.0 Å². The molecule has 1 N–H and O–H groups in total. The molecular weight excluding hydrogens is 343 g/mol. The largest absolute Gasteiger partial charge is 0.458 e. The predicted molar refractivity (Wildman–Crippen MR) is 104 cm³/mol. The predicted octanol–water partition coefficient (Wildman–Crippen LogP) is 5.05. The molecule has 1 heterocycles. The van der Waals surface area contributed by atoms with Crippen LogP contribution in [0.2, 0.25) is 0 Å². The van der Waals surface area contributed by atoms with Crippen LogP contribution < -0.4 is 0 Å². The van der Waals surface area contributed by atoms with Gasteiger partial charge in [-0.2, -0.15) is 0 Å². The molecule has 1 saturated heterocycles. The van der Waals surface area contributed by atoms with E-state index in [0.29, 0.717) is 6.42 Å². The van der Waals surface area contributed by atoms with Gasteiger partial charge < -0.3 is 9.84 Å². The van der Waals surface area contributed by atoms with E-state index in [1.807, 2.05) is 24.3 Å². The minimum absolute atomic E-state index is 0.0630. The summed E-state index contributed by atoms with van der Waals surface area (Å²) in [4.78, 5) is 11.6. The third-order valence-corrected chi connectivity index (χ3v) is 5.49. The average molecular weight is 372 g/mol. The van der Waals surface area contributed by atoms with Crippen molar-refractivity contribution in [3.8, 4) is 0 Å². The second-order valence-electron chi connectivity index (χ2n) is 9.28. The number of allylic oxidation sites excluding steroid dienone is 3. The fourth-order valence-electron chi connectivity index (χ4n) is 4.70. The number of esters is 1. The number of benzene rings is 1. The molecular formula is C23H29FO3. The van der Waals surface area contributed by atoms with E-state index in [9.17, 15) is 14.3 Å². The van der Waals surface area contributed by atoms with Crippen LogP contribution >= 0.6 is 0 Å². The van der Waals surface area contributed by atoms with Crippen LogP contribution in [0.5, 0.6) is 0 Å².